The van der Waals surface area contributed by atoms with E-state index in [1.165, 1.54) is 98.0 Å². The van der Waals surface area contributed by atoms with Gasteiger partial charge >= 0.3 is 0 Å². The lowest BCUT2D eigenvalue weighted by Crippen LogP contribution is -2.28. The zero-order valence-electron chi connectivity index (χ0n) is 31.1. The molecule has 0 amide bonds. The molecule has 3 heterocycles. The van der Waals surface area contributed by atoms with Gasteiger partial charge in [0.25, 0.3) is 0 Å². The minimum Gasteiger partial charge on any atom is -0.333 e. The van der Waals surface area contributed by atoms with Crippen LogP contribution in [0.2, 0.25) is 0 Å². The van der Waals surface area contributed by atoms with E-state index in [1.54, 1.807) is 0 Å². The Morgan fingerprint density at radius 1 is 0.439 bits per heavy atom. The van der Waals surface area contributed by atoms with E-state index in [-0.39, 0.29) is 12.0 Å². The van der Waals surface area contributed by atoms with E-state index >= 15 is 0 Å². The maximum Gasteiger partial charge on any atom is 0.0629 e. The van der Waals surface area contributed by atoms with Crippen LogP contribution in [0.25, 0.3) is 81.0 Å². The lowest BCUT2D eigenvalue weighted by Gasteiger charge is -2.28. The van der Waals surface area contributed by atoms with Gasteiger partial charge in [-0.1, -0.05) is 146 Å². The Morgan fingerprint density at radius 2 is 1.14 bits per heavy atom. The SMILES string of the molecule is C1=CC2c3cc(-c4cccc5c4c4ccccc4n5-c4cc(-c5cccc(-c6ccccc6)c5)c5sc6ccccc6c5c4)ccc3N(c3ccccc3)C2C=C1. The van der Waals surface area contributed by atoms with Crippen molar-refractivity contribution in [3.8, 4) is 39.1 Å². The third-order valence-electron chi connectivity index (χ3n) is 12.1. The fraction of sp³-hybridized carbons (Fsp3) is 0.0370. The Hall–Kier alpha value is -6.94. The van der Waals surface area contributed by atoms with E-state index in [1.807, 2.05) is 11.3 Å². The van der Waals surface area contributed by atoms with E-state index in [0.717, 1.165) is 0 Å². The maximum absolute atomic E-state index is 2.51. The van der Waals surface area contributed by atoms with Gasteiger partial charge in [0.15, 0.2) is 0 Å². The number of hydrogen-bond donors (Lipinski definition) is 0. The van der Waals surface area contributed by atoms with Gasteiger partial charge < -0.3 is 9.47 Å². The number of anilines is 2. The Kier molecular flexibility index (Phi) is 7.26. The number of fused-ring (bicyclic) bond motifs is 9. The van der Waals surface area contributed by atoms with Crippen LogP contribution in [-0.2, 0) is 0 Å². The highest BCUT2D eigenvalue weighted by Gasteiger charge is 2.37. The summed E-state index contributed by atoms with van der Waals surface area (Å²) in [5.41, 5.74) is 14.9. The quantitative estimate of drug-likeness (QED) is 0.170. The molecule has 268 valence electrons. The summed E-state index contributed by atoms with van der Waals surface area (Å²) in [4.78, 5) is 2.51. The largest absolute Gasteiger partial charge is 0.333 e. The van der Waals surface area contributed by atoms with Crippen molar-refractivity contribution in [1.29, 1.82) is 0 Å². The minimum absolute atomic E-state index is 0.256. The molecule has 0 N–H and O–H groups in total. The van der Waals surface area contributed by atoms with Crippen LogP contribution in [-0.4, -0.2) is 10.6 Å². The first-order chi connectivity index (χ1) is 28.3. The minimum atomic E-state index is 0.256. The molecule has 2 atom stereocenters. The fourth-order valence-electron chi connectivity index (χ4n) is 9.59. The summed E-state index contributed by atoms with van der Waals surface area (Å²) >= 11 is 1.89. The van der Waals surface area contributed by atoms with Gasteiger partial charge in [-0.3, -0.25) is 0 Å². The molecular weight excluding hydrogens is 709 g/mol. The molecule has 1 aliphatic heterocycles. The van der Waals surface area contributed by atoms with E-state index < -0.39 is 0 Å². The average Bonchev–Trinajstić information content (AvgIpc) is 3.94. The molecular formula is C54H36N2S. The second-order valence-corrected chi connectivity index (χ2v) is 16.3. The van der Waals surface area contributed by atoms with E-state index in [2.05, 4.69) is 216 Å². The lowest BCUT2D eigenvalue weighted by molar-refractivity contribution is 0.745. The smallest absolute Gasteiger partial charge is 0.0629 e. The highest BCUT2D eigenvalue weighted by Crippen LogP contribution is 2.50. The van der Waals surface area contributed by atoms with Crippen molar-refractivity contribution in [1.82, 2.24) is 4.57 Å². The molecule has 0 fully saturated rings. The molecule has 8 aromatic carbocycles. The van der Waals surface area contributed by atoms with Crippen molar-refractivity contribution in [2.24, 2.45) is 0 Å². The van der Waals surface area contributed by atoms with Crippen molar-refractivity contribution >= 4 is 64.7 Å². The number of hydrogen-bond acceptors (Lipinski definition) is 2. The molecule has 0 radical (unpaired) electrons. The van der Waals surface area contributed by atoms with Crippen LogP contribution in [0.15, 0.2) is 206 Å². The third-order valence-corrected chi connectivity index (χ3v) is 13.3. The van der Waals surface area contributed by atoms with E-state index in [0.29, 0.717) is 0 Å². The van der Waals surface area contributed by atoms with Crippen LogP contribution >= 0.6 is 11.3 Å². The van der Waals surface area contributed by atoms with Gasteiger partial charge in [-0.05, 0) is 94.0 Å². The first-order valence-corrected chi connectivity index (χ1v) is 20.6. The van der Waals surface area contributed by atoms with Crippen LogP contribution in [0.3, 0.4) is 0 Å². The molecule has 12 rings (SSSR count). The van der Waals surface area contributed by atoms with Gasteiger partial charge in [0.2, 0.25) is 0 Å². The van der Waals surface area contributed by atoms with E-state index in [9.17, 15) is 0 Å². The van der Waals surface area contributed by atoms with Crippen molar-refractivity contribution in [2.45, 2.75) is 12.0 Å². The number of benzene rings is 8. The molecule has 0 spiro atoms. The van der Waals surface area contributed by atoms with Gasteiger partial charge in [0, 0.05) is 59.5 Å². The van der Waals surface area contributed by atoms with Gasteiger partial charge in [-0.25, -0.2) is 0 Å². The monoisotopic (exact) mass is 744 g/mol. The van der Waals surface area contributed by atoms with Crippen LogP contribution < -0.4 is 4.90 Å². The second-order valence-electron chi connectivity index (χ2n) is 15.2. The summed E-state index contributed by atoms with van der Waals surface area (Å²) < 4.78 is 5.13. The highest BCUT2D eigenvalue weighted by molar-refractivity contribution is 7.26. The number of rotatable bonds is 5. The van der Waals surface area contributed by atoms with Crippen LogP contribution in [0.1, 0.15) is 11.5 Å². The zero-order valence-corrected chi connectivity index (χ0v) is 31.9. The lowest BCUT2D eigenvalue weighted by atomic mass is 9.89. The Labute approximate surface area is 335 Å². The van der Waals surface area contributed by atoms with Gasteiger partial charge in [0.05, 0.1) is 17.1 Å². The van der Waals surface area contributed by atoms with Gasteiger partial charge in [0.1, 0.15) is 0 Å². The van der Waals surface area contributed by atoms with Crippen LogP contribution in [0.5, 0.6) is 0 Å². The van der Waals surface area contributed by atoms with Crippen molar-refractivity contribution in [2.75, 3.05) is 4.90 Å². The predicted octanol–water partition coefficient (Wildman–Crippen LogP) is 14.9. The molecule has 3 heteroatoms. The molecule has 2 aromatic heterocycles. The van der Waals surface area contributed by atoms with Crippen molar-refractivity contribution < 1.29 is 0 Å². The van der Waals surface area contributed by atoms with Crippen LogP contribution in [0.4, 0.5) is 11.4 Å². The third kappa shape index (κ3) is 5.02. The van der Waals surface area contributed by atoms with Crippen molar-refractivity contribution in [3.63, 3.8) is 0 Å². The number of thiophene rings is 1. The highest BCUT2D eigenvalue weighted by atomic mass is 32.1. The first-order valence-electron chi connectivity index (χ1n) is 19.8. The Bertz CT molecular complexity index is 3260. The average molecular weight is 745 g/mol. The van der Waals surface area contributed by atoms with Gasteiger partial charge in [-0.15, -0.1) is 11.3 Å². The number of nitrogens with zero attached hydrogens (tertiary/aromatic N) is 2. The first kappa shape index (κ1) is 32.3. The number of para-hydroxylation sites is 2. The molecule has 10 aromatic rings. The molecule has 0 bridgehead atoms. The summed E-state index contributed by atoms with van der Waals surface area (Å²) in [5.74, 6) is 0.289. The fourth-order valence-corrected chi connectivity index (χ4v) is 10.8. The standard InChI is InChI=1S/C54H36N2S/c1-3-15-35(16-4-1)36-17-13-18-37(31-36)45-33-40(34-47-43-22-9-12-28-52(43)57-54(45)47)56-49-26-11-8-23-44(49)53-41(24-14-27-51(53)56)38-29-30-50-46(32-38)42-21-7-10-25-48(42)55(50)39-19-5-2-6-20-39/h1-34,42,48H. The Morgan fingerprint density at radius 3 is 2.04 bits per heavy atom. The summed E-state index contributed by atoms with van der Waals surface area (Å²) in [7, 11) is 0. The summed E-state index contributed by atoms with van der Waals surface area (Å²) in [6.07, 6.45) is 9.13. The molecule has 1 aliphatic carbocycles. The maximum atomic E-state index is 2.51. The Balaban J connectivity index is 1.08. The summed E-state index contributed by atoms with van der Waals surface area (Å²) in [6, 6.07) is 67.5. The number of aromatic nitrogens is 1. The second kappa shape index (κ2) is 12.8. The number of allylic oxidation sites excluding steroid dienone is 2. The van der Waals surface area contributed by atoms with Crippen LogP contribution in [0, 0.1) is 0 Å². The molecule has 57 heavy (non-hydrogen) atoms. The topological polar surface area (TPSA) is 8.17 Å². The van der Waals surface area contributed by atoms with Crippen molar-refractivity contribution in [3.05, 3.63) is 212 Å². The zero-order chi connectivity index (χ0) is 37.5. The summed E-state index contributed by atoms with van der Waals surface area (Å²) in [6.45, 7) is 0. The molecule has 2 aliphatic rings. The molecule has 0 saturated carbocycles. The predicted molar refractivity (Wildman–Crippen MR) is 243 cm³/mol. The van der Waals surface area contributed by atoms with Gasteiger partial charge in [-0.2, -0.15) is 0 Å². The normalized spacial score (nSPS) is 15.9. The molecule has 2 unspecified atom stereocenters. The van der Waals surface area contributed by atoms with E-state index in [4.69, 9.17) is 0 Å². The summed E-state index contributed by atoms with van der Waals surface area (Å²) in [5, 5.41) is 5.13. The molecule has 2 nitrogen and oxygen atoms in total. The molecule has 0 saturated heterocycles.